The lowest BCUT2D eigenvalue weighted by molar-refractivity contribution is -0.143. The monoisotopic (exact) mass is 255 g/mol. The number of carboxylic acid groups (broad SMARTS) is 1. The van der Waals surface area contributed by atoms with Gasteiger partial charge < -0.3 is 10.0 Å². The summed E-state index contributed by atoms with van der Waals surface area (Å²) in [6, 6.07) is -0.710. The first-order chi connectivity index (χ1) is 8.11. The van der Waals surface area contributed by atoms with Gasteiger partial charge in [-0.2, -0.15) is 0 Å². The number of aromatic nitrogens is 2. The van der Waals surface area contributed by atoms with Gasteiger partial charge >= 0.3 is 5.97 Å². The van der Waals surface area contributed by atoms with Crippen LogP contribution in [0.1, 0.15) is 34.6 Å². The van der Waals surface area contributed by atoms with Crippen LogP contribution < -0.4 is 0 Å². The smallest absolute Gasteiger partial charge is 0.326 e. The molecule has 1 N–H and O–H groups in total. The maximum absolute atomic E-state index is 12.2. The van der Waals surface area contributed by atoms with E-state index in [9.17, 15) is 9.59 Å². The lowest BCUT2D eigenvalue weighted by atomic mass is 10.0. The van der Waals surface area contributed by atoms with Gasteiger partial charge in [0.05, 0.1) is 5.69 Å². The molecule has 6 nitrogen and oxygen atoms in total. The van der Waals surface area contributed by atoms with Crippen molar-refractivity contribution in [3.8, 4) is 0 Å². The number of carboxylic acids is 1. The largest absolute Gasteiger partial charge is 0.480 e. The van der Waals surface area contributed by atoms with Crippen LogP contribution >= 0.6 is 11.5 Å². The molecule has 0 radical (unpaired) electrons. The van der Waals surface area contributed by atoms with Gasteiger partial charge in [0.2, 0.25) is 0 Å². The molecule has 7 heteroatoms. The standard InChI is InChI=1S/C10H13N3O3S/c1-6-8(17-12-11-6)9(14)13-5-3-2-4-7(13)10(15)16/h7H,2-5H2,1H3,(H,15,16). The first-order valence-electron chi connectivity index (χ1n) is 5.44. The van der Waals surface area contributed by atoms with Crippen molar-refractivity contribution in [3.05, 3.63) is 10.6 Å². The van der Waals surface area contributed by atoms with E-state index in [1.807, 2.05) is 0 Å². The minimum absolute atomic E-state index is 0.260. The fourth-order valence-electron chi connectivity index (χ4n) is 1.99. The van der Waals surface area contributed by atoms with Gasteiger partial charge in [-0.1, -0.05) is 4.49 Å². The highest BCUT2D eigenvalue weighted by atomic mass is 32.1. The minimum Gasteiger partial charge on any atom is -0.480 e. The molecule has 2 rings (SSSR count). The van der Waals surface area contributed by atoms with Crippen LogP contribution in [0.25, 0.3) is 0 Å². The number of aryl methyl sites for hydroxylation is 1. The Hall–Kier alpha value is -1.50. The molecule has 92 valence electrons. The number of amides is 1. The van der Waals surface area contributed by atoms with Gasteiger partial charge in [0, 0.05) is 6.54 Å². The van der Waals surface area contributed by atoms with Gasteiger partial charge in [-0.05, 0) is 37.7 Å². The van der Waals surface area contributed by atoms with Crippen molar-refractivity contribution in [1.29, 1.82) is 0 Å². The first kappa shape index (κ1) is 12.0. The van der Waals surface area contributed by atoms with Crippen LogP contribution in [0, 0.1) is 6.92 Å². The molecule has 17 heavy (non-hydrogen) atoms. The average Bonchev–Trinajstić information content (AvgIpc) is 2.74. The molecule has 1 atom stereocenters. The second kappa shape index (κ2) is 4.79. The lowest BCUT2D eigenvalue weighted by Crippen LogP contribution is -2.47. The number of carbonyl (C=O) groups excluding carboxylic acids is 1. The van der Waals surface area contributed by atoms with Crippen LogP contribution in [0.15, 0.2) is 0 Å². The second-order valence-corrected chi connectivity index (χ2v) is 4.79. The van der Waals surface area contributed by atoms with E-state index in [1.54, 1.807) is 6.92 Å². The van der Waals surface area contributed by atoms with Crippen molar-refractivity contribution < 1.29 is 14.7 Å². The summed E-state index contributed by atoms with van der Waals surface area (Å²) in [5.41, 5.74) is 0.565. The summed E-state index contributed by atoms with van der Waals surface area (Å²) in [5, 5.41) is 12.9. The Labute approximate surface area is 102 Å². The molecule has 1 aliphatic heterocycles. The Morgan fingerprint density at radius 1 is 1.47 bits per heavy atom. The van der Waals surface area contributed by atoms with E-state index in [-0.39, 0.29) is 5.91 Å². The van der Waals surface area contributed by atoms with Crippen molar-refractivity contribution in [2.45, 2.75) is 32.2 Å². The lowest BCUT2D eigenvalue weighted by Gasteiger charge is -2.32. The molecule has 1 saturated heterocycles. The maximum atomic E-state index is 12.2. The fourth-order valence-corrected chi connectivity index (χ4v) is 2.60. The molecular weight excluding hydrogens is 242 g/mol. The summed E-state index contributed by atoms with van der Waals surface area (Å²) in [6.45, 7) is 2.20. The van der Waals surface area contributed by atoms with E-state index < -0.39 is 12.0 Å². The summed E-state index contributed by atoms with van der Waals surface area (Å²) in [7, 11) is 0. The summed E-state index contributed by atoms with van der Waals surface area (Å²) in [4.78, 5) is 25.2. The zero-order chi connectivity index (χ0) is 12.4. The van der Waals surface area contributed by atoms with Gasteiger partial charge in [-0.25, -0.2) is 4.79 Å². The molecule has 0 saturated carbocycles. The van der Waals surface area contributed by atoms with Gasteiger partial charge in [0.1, 0.15) is 10.9 Å². The predicted molar refractivity (Wildman–Crippen MR) is 61.0 cm³/mol. The van der Waals surface area contributed by atoms with Crippen molar-refractivity contribution in [2.75, 3.05) is 6.54 Å². The number of hydrogen-bond acceptors (Lipinski definition) is 5. The molecule has 2 heterocycles. The topological polar surface area (TPSA) is 83.4 Å². The highest BCUT2D eigenvalue weighted by Crippen LogP contribution is 2.22. The zero-order valence-electron chi connectivity index (χ0n) is 9.42. The van der Waals surface area contributed by atoms with Crippen molar-refractivity contribution in [2.24, 2.45) is 0 Å². The second-order valence-electron chi connectivity index (χ2n) is 4.04. The molecule has 1 amide bonds. The first-order valence-corrected chi connectivity index (χ1v) is 6.21. The summed E-state index contributed by atoms with van der Waals surface area (Å²) in [6.07, 6.45) is 2.22. The van der Waals surface area contributed by atoms with E-state index in [0.717, 1.165) is 24.4 Å². The molecule has 0 aromatic carbocycles. The summed E-state index contributed by atoms with van der Waals surface area (Å²) < 4.78 is 3.70. The Balaban J connectivity index is 2.23. The van der Waals surface area contributed by atoms with Crippen molar-refractivity contribution in [1.82, 2.24) is 14.5 Å². The molecule has 0 aliphatic carbocycles. The van der Waals surface area contributed by atoms with Crippen LogP contribution in [-0.2, 0) is 4.79 Å². The Bertz CT molecular complexity index is 446. The Kier molecular flexibility index (Phi) is 3.37. The molecule has 0 spiro atoms. The number of piperidine rings is 1. The maximum Gasteiger partial charge on any atom is 0.326 e. The third-order valence-corrected chi connectivity index (χ3v) is 3.71. The Morgan fingerprint density at radius 3 is 2.82 bits per heavy atom. The highest BCUT2D eigenvalue weighted by molar-refractivity contribution is 7.07. The Morgan fingerprint density at radius 2 is 2.24 bits per heavy atom. The predicted octanol–water partition coefficient (Wildman–Crippen LogP) is 0.926. The van der Waals surface area contributed by atoms with Gasteiger partial charge in [-0.3, -0.25) is 4.79 Å². The van der Waals surface area contributed by atoms with E-state index in [2.05, 4.69) is 9.59 Å². The van der Waals surface area contributed by atoms with E-state index >= 15 is 0 Å². The molecule has 1 aliphatic rings. The average molecular weight is 255 g/mol. The normalized spacial score (nSPS) is 20.3. The van der Waals surface area contributed by atoms with E-state index in [1.165, 1.54) is 4.90 Å². The van der Waals surface area contributed by atoms with E-state index in [0.29, 0.717) is 23.5 Å². The number of rotatable bonds is 2. The number of aliphatic carboxylic acids is 1. The van der Waals surface area contributed by atoms with Crippen molar-refractivity contribution >= 4 is 23.4 Å². The van der Waals surface area contributed by atoms with Crippen molar-refractivity contribution in [3.63, 3.8) is 0 Å². The van der Waals surface area contributed by atoms with Gasteiger partial charge in [0.15, 0.2) is 0 Å². The third kappa shape index (κ3) is 2.28. The van der Waals surface area contributed by atoms with Crippen LogP contribution in [0.3, 0.4) is 0 Å². The molecule has 1 unspecified atom stereocenters. The molecule has 0 bridgehead atoms. The fraction of sp³-hybridized carbons (Fsp3) is 0.600. The quantitative estimate of drug-likeness (QED) is 0.849. The van der Waals surface area contributed by atoms with Crippen LogP contribution in [0.5, 0.6) is 0 Å². The highest BCUT2D eigenvalue weighted by Gasteiger charge is 2.33. The molecule has 1 aromatic heterocycles. The number of likely N-dealkylation sites (tertiary alicyclic amines) is 1. The van der Waals surface area contributed by atoms with Gasteiger partial charge in [0.25, 0.3) is 5.91 Å². The van der Waals surface area contributed by atoms with Crippen LogP contribution in [-0.4, -0.2) is 44.1 Å². The molecule has 1 fully saturated rings. The number of hydrogen-bond donors (Lipinski definition) is 1. The SMILES string of the molecule is Cc1nnsc1C(=O)N1CCCCC1C(=O)O. The number of carbonyl (C=O) groups is 2. The number of nitrogens with zero attached hydrogens (tertiary/aromatic N) is 3. The molecular formula is C10H13N3O3S. The van der Waals surface area contributed by atoms with E-state index in [4.69, 9.17) is 5.11 Å². The zero-order valence-corrected chi connectivity index (χ0v) is 10.2. The van der Waals surface area contributed by atoms with Gasteiger partial charge in [-0.15, -0.1) is 5.10 Å². The molecule has 1 aromatic rings. The summed E-state index contributed by atoms with van der Waals surface area (Å²) >= 11 is 1.02. The summed E-state index contributed by atoms with van der Waals surface area (Å²) in [5.74, 6) is -1.20. The van der Waals surface area contributed by atoms with Crippen LogP contribution in [0.2, 0.25) is 0 Å². The third-order valence-electron chi connectivity index (χ3n) is 2.89. The minimum atomic E-state index is -0.937. The van der Waals surface area contributed by atoms with Crippen LogP contribution in [0.4, 0.5) is 0 Å².